The highest BCUT2D eigenvalue weighted by Crippen LogP contribution is 2.25. The maximum absolute atomic E-state index is 12.7. The molecule has 6 nitrogen and oxygen atoms in total. The first-order valence-electron chi connectivity index (χ1n) is 9.05. The summed E-state index contributed by atoms with van der Waals surface area (Å²) in [4.78, 5) is 45.7. The second kappa shape index (κ2) is 7.85. The lowest BCUT2D eigenvalue weighted by Crippen LogP contribution is -2.39. The van der Waals surface area contributed by atoms with Crippen LogP contribution in [0.4, 0.5) is 5.69 Å². The van der Waals surface area contributed by atoms with E-state index in [1.807, 2.05) is 22.4 Å². The van der Waals surface area contributed by atoms with Crippen LogP contribution in [0.1, 0.15) is 28.9 Å². The summed E-state index contributed by atoms with van der Waals surface area (Å²) in [7, 11) is 0. The van der Waals surface area contributed by atoms with E-state index in [1.165, 1.54) is 11.3 Å². The van der Waals surface area contributed by atoms with E-state index < -0.39 is 0 Å². The maximum Gasteiger partial charge on any atom is 0.279 e. The molecule has 0 unspecified atom stereocenters. The highest BCUT2D eigenvalue weighted by atomic mass is 35.5. The van der Waals surface area contributed by atoms with E-state index in [0.29, 0.717) is 42.4 Å². The molecule has 28 heavy (non-hydrogen) atoms. The second-order valence-electron chi connectivity index (χ2n) is 6.76. The number of likely N-dealkylation sites (tertiary alicyclic amines) is 1. The van der Waals surface area contributed by atoms with Crippen LogP contribution in [0.15, 0.2) is 46.8 Å². The Labute approximate surface area is 171 Å². The van der Waals surface area contributed by atoms with Crippen LogP contribution in [0.5, 0.6) is 0 Å². The van der Waals surface area contributed by atoms with Crippen LogP contribution in [-0.4, -0.2) is 47.5 Å². The van der Waals surface area contributed by atoms with Gasteiger partial charge < -0.3 is 4.90 Å². The first kappa shape index (κ1) is 18.8. The lowest BCUT2D eigenvalue weighted by Gasteiger charge is -2.30. The topological polar surface area (TPSA) is 70.1 Å². The Balaban J connectivity index is 1.41. The van der Waals surface area contributed by atoms with Gasteiger partial charge in [0.05, 0.1) is 23.0 Å². The predicted octanol–water partition coefficient (Wildman–Crippen LogP) is 3.41. The van der Waals surface area contributed by atoms with Crippen molar-refractivity contribution >= 4 is 52.1 Å². The SMILES string of the molecule is O=C(c1cccs1)N1CCC(N=C2CC(=O)N(c3ccc(Cl)cc3)C2=O)CC1. The lowest BCUT2D eigenvalue weighted by atomic mass is 10.0. The zero-order chi connectivity index (χ0) is 19.7. The van der Waals surface area contributed by atoms with Gasteiger partial charge in [0.2, 0.25) is 5.91 Å². The molecule has 0 radical (unpaired) electrons. The van der Waals surface area contributed by atoms with Crippen molar-refractivity contribution in [3.63, 3.8) is 0 Å². The standard InChI is InChI=1S/C20H18ClN3O3S/c21-13-3-5-15(6-4-13)24-18(25)12-16(19(24)26)22-14-7-9-23(10-8-14)20(27)17-2-1-11-28-17/h1-6,11,14H,7-10,12H2. The number of anilines is 1. The van der Waals surface area contributed by atoms with Gasteiger partial charge in [-0.1, -0.05) is 17.7 Å². The second-order valence-corrected chi connectivity index (χ2v) is 8.15. The van der Waals surface area contributed by atoms with Gasteiger partial charge >= 0.3 is 0 Å². The molecule has 0 bridgehead atoms. The third-order valence-corrected chi connectivity index (χ3v) is 6.03. The molecule has 1 aromatic carbocycles. The summed E-state index contributed by atoms with van der Waals surface area (Å²) in [5.41, 5.74) is 0.795. The minimum atomic E-state index is -0.371. The van der Waals surface area contributed by atoms with Crippen molar-refractivity contribution in [2.75, 3.05) is 18.0 Å². The molecule has 8 heteroatoms. The number of imide groups is 1. The fraction of sp³-hybridized carbons (Fsp3) is 0.300. The van der Waals surface area contributed by atoms with Gasteiger partial charge in [-0.15, -0.1) is 11.3 Å². The third-order valence-electron chi connectivity index (χ3n) is 4.92. The average molecular weight is 416 g/mol. The minimum absolute atomic E-state index is 0.00972. The number of aliphatic imine (C=N–C) groups is 1. The Bertz CT molecular complexity index is 932. The number of amides is 3. The number of carbonyl (C=O) groups is 3. The fourth-order valence-corrected chi connectivity index (χ4v) is 4.28. The van der Waals surface area contributed by atoms with Crippen molar-refractivity contribution in [1.29, 1.82) is 0 Å². The number of hydrogen-bond acceptors (Lipinski definition) is 5. The van der Waals surface area contributed by atoms with Gasteiger partial charge in [-0.2, -0.15) is 0 Å². The van der Waals surface area contributed by atoms with E-state index in [-0.39, 0.29) is 30.2 Å². The summed E-state index contributed by atoms with van der Waals surface area (Å²) in [5.74, 6) is -0.608. The number of benzene rings is 1. The van der Waals surface area contributed by atoms with Crippen molar-refractivity contribution in [2.24, 2.45) is 4.99 Å². The smallest absolute Gasteiger partial charge is 0.279 e. The molecule has 0 spiro atoms. The highest BCUT2D eigenvalue weighted by Gasteiger charge is 2.37. The number of halogens is 1. The van der Waals surface area contributed by atoms with Crippen molar-refractivity contribution < 1.29 is 14.4 Å². The summed E-state index contributed by atoms with van der Waals surface area (Å²) in [6, 6.07) is 10.2. The highest BCUT2D eigenvalue weighted by molar-refractivity contribution is 7.12. The third kappa shape index (κ3) is 3.72. The van der Waals surface area contributed by atoms with E-state index in [2.05, 4.69) is 4.99 Å². The Hall–Kier alpha value is -2.51. The molecule has 3 amide bonds. The molecule has 0 atom stereocenters. The molecule has 0 N–H and O–H groups in total. The largest absolute Gasteiger partial charge is 0.338 e. The Morgan fingerprint density at radius 1 is 1.11 bits per heavy atom. The zero-order valence-corrected chi connectivity index (χ0v) is 16.6. The van der Waals surface area contributed by atoms with Gasteiger partial charge in [0.25, 0.3) is 11.8 Å². The van der Waals surface area contributed by atoms with Gasteiger partial charge in [-0.3, -0.25) is 19.4 Å². The summed E-state index contributed by atoms with van der Waals surface area (Å²) >= 11 is 7.31. The number of piperidine rings is 1. The first-order valence-corrected chi connectivity index (χ1v) is 10.3. The molecule has 2 aliphatic heterocycles. The quantitative estimate of drug-likeness (QED) is 0.721. The number of thiophene rings is 1. The zero-order valence-electron chi connectivity index (χ0n) is 15.0. The first-order chi connectivity index (χ1) is 13.5. The predicted molar refractivity (Wildman–Crippen MR) is 109 cm³/mol. The molecule has 3 heterocycles. The lowest BCUT2D eigenvalue weighted by molar-refractivity contribution is -0.120. The van der Waals surface area contributed by atoms with Gasteiger partial charge in [0.15, 0.2) is 0 Å². The van der Waals surface area contributed by atoms with E-state index >= 15 is 0 Å². The molecule has 2 aromatic rings. The van der Waals surface area contributed by atoms with Gasteiger partial charge in [-0.25, -0.2) is 4.90 Å². The van der Waals surface area contributed by atoms with E-state index in [0.717, 1.165) is 9.78 Å². The molecular formula is C20H18ClN3O3S. The molecule has 2 fully saturated rings. The molecule has 1 aromatic heterocycles. The number of rotatable bonds is 3. The van der Waals surface area contributed by atoms with E-state index in [4.69, 9.17) is 11.6 Å². The molecule has 0 saturated carbocycles. The monoisotopic (exact) mass is 415 g/mol. The fourth-order valence-electron chi connectivity index (χ4n) is 3.47. The van der Waals surface area contributed by atoms with Crippen molar-refractivity contribution in [1.82, 2.24) is 4.90 Å². The van der Waals surface area contributed by atoms with Gasteiger partial charge in [-0.05, 0) is 48.6 Å². The Morgan fingerprint density at radius 2 is 1.82 bits per heavy atom. The number of carbonyl (C=O) groups excluding carboxylic acids is 3. The van der Waals surface area contributed by atoms with Crippen molar-refractivity contribution in [3.05, 3.63) is 51.7 Å². The van der Waals surface area contributed by atoms with Crippen LogP contribution in [0.25, 0.3) is 0 Å². The minimum Gasteiger partial charge on any atom is -0.338 e. The molecular weight excluding hydrogens is 398 g/mol. The summed E-state index contributed by atoms with van der Waals surface area (Å²) in [6.07, 6.45) is 1.38. The molecule has 0 aliphatic carbocycles. The maximum atomic E-state index is 12.7. The number of nitrogens with zero attached hydrogens (tertiary/aromatic N) is 3. The van der Waals surface area contributed by atoms with Crippen LogP contribution in [0.3, 0.4) is 0 Å². The van der Waals surface area contributed by atoms with E-state index in [9.17, 15) is 14.4 Å². The van der Waals surface area contributed by atoms with Gasteiger partial charge in [0.1, 0.15) is 5.71 Å². The summed E-state index contributed by atoms with van der Waals surface area (Å²) in [5, 5.41) is 2.43. The Kier molecular flexibility index (Phi) is 5.28. The molecule has 2 aliphatic rings. The molecule has 2 saturated heterocycles. The van der Waals surface area contributed by atoms with Gasteiger partial charge in [0, 0.05) is 18.1 Å². The normalized spacial score (nSPS) is 19.7. The van der Waals surface area contributed by atoms with Crippen LogP contribution in [0.2, 0.25) is 5.02 Å². The summed E-state index contributed by atoms with van der Waals surface area (Å²) in [6.45, 7) is 1.20. The van der Waals surface area contributed by atoms with E-state index in [1.54, 1.807) is 24.3 Å². The Morgan fingerprint density at radius 3 is 2.46 bits per heavy atom. The van der Waals surface area contributed by atoms with Crippen LogP contribution in [0, 0.1) is 0 Å². The van der Waals surface area contributed by atoms with Crippen molar-refractivity contribution in [3.8, 4) is 0 Å². The van der Waals surface area contributed by atoms with Crippen LogP contribution < -0.4 is 4.90 Å². The average Bonchev–Trinajstić information content (AvgIpc) is 3.32. The summed E-state index contributed by atoms with van der Waals surface area (Å²) < 4.78 is 0. The molecule has 144 valence electrons. The molecule has 4 rings (SSSR count). The van der Waals surface area contributed by atoms with Crippen LogP contribution in [-0.2, 0) is 9.59 Å². The number of hydrogen-bond donors (Lipinski definition) is 0. The van der Waals surface area contributed by atoms with Crippen molar-refractivity contribution in [2.45, 2.75) is 25.3 Å². The van der Waals surface area contributed by atoms with Crippen LogP contribution >= 0.6 is 22.9 Å².